The molecule has 0 amide bonds. The van der Waals surface area contributed by atoms with Crippen LogP contribution in [0.3, 0.4) is 0 Å². The molecule has 0 aromatic heterocycles. The zero-order chi connectivity index (χ0) is 15.1. The number of hydrogen-bond acceptors (Lipinski definition) is 3. The average Bonchev–Trinajstić information content (AvgIpc) is 2.43. The summed E-state index contributed by atoms with van der Waals surface area (Å²) in [6, 6.07) is 0. The van der Waals surface area contributed by atoms with E-state index < -0.39 is 12.1 Å². The summed E-state index contributed by atoms with van der Waals surface area (Å²) in [5, 5.41) is 10.6. The molecule has 0 N–H and O–H groups in total. The molecule has 0 aliphatic carbocycles. The maximum atomic E-state index is 10.6. The summed E-state index contributed by atoms with van der Waals surface area (Å²) in [6.07, 6.45) is 15.3. The lowest BCUT2D eigenvalue weighted by molar-refractivity contribution is -0.316. The standard InChI is InChI=1S/C17H34O3/c1-3-4-5-6-7-8-9-10-11-12-13-14-15-16(20-2)17(18)19/h16H,3-15H2,1-2H3,(H,18,19)/p-1. The second kappa shape index (κ2) is 14.8. The minimum atomic E-state index is -1.09. The molecule has 0 heterocycles. The summed E-state index contributed by atoms with van der Waals surface area (Å²) in [5.74, 6) is -1.09. The number of carboxylic acids is 1. The molecule has 0 spiro atoms. The van der Waals surface area contributed by atoms with Crippen molar-refractivity contribution >= 4 is 5.97 Å². The molecule has 0 aromatic carbocycles. The first-order chi connectivity index (χ1) is 9.72. The van der Waals surface area contributed by atoms with Crippen molar-refractivity contribution in [2.45, 2.75) is 96.5 Å². The van der Waals surface area contributed by atoms with E-state index in [0.717, 1.165) is 12.8 Å². The highest BCUT2D eigenvalue weighted by molar-refractivity contribution is 5.69. The Morgan fingerprint density at radius 2 is 1.25 bits per heavy atom. The summed E-state index contributed by atoms with van der Waals surface area (Å²) in [4.78, 5) is 10.6. The summed E-state index contributed by atoms with van der Waals surface area (Å²) >= 11 is 0. The summed E-state index contributed by atoms with van der Waals surface area (Å²) in [7, 11) is 1.43. The van der Waals surface area contributed by atoms with Gasteiger partial charge in [-0.2, -0.15) is 0 Å². The van der Waals surface area contributed by atoms with Crippen molar-refractivity contribution in [3.05, 3.63) is 0 Å². The number of carbonyl (C=O) groups excluding carboxylic acids is 1. The highest BCUT2D eigenvalue weighted by atomic mass is 16.5. The van der Waals surface area contributed by atoms with Gasteiger partial charge in [0.05, 0.1) is 12.1 Å². The number of rotatable bonds is 15. The third-order valence-electron chi connectivity index (χ3n) is 3.87. The fourth-order valence-electron chi connectivity index (χ4n) is 2.50. The number of hydrogen-bond donors (Lipinski definition) is 0. The van der Waals surface area contributed by atoms with Crippen molar-refractivity contribution in [3.63, 3.8) is 0 Å². The van der Waals surface area contributed by atoms with Crippen LogP contribution in [0.1, 0.15) is 90.4 Å². The van der Waals surface area contributed by atoms with Crippen LogP contribution in [-0.4, -0.2) is 19.2 Å². The van der Waals surface area contributed by atoms with Crippen LogP contribution in [0.15, 0.2) is 0 Å². The van der Waals surface area contributed by atoms with Crippen LogP contribution in [0.25, 0.3) is 0 Å². The van der Waals surface area contributed by atoms with Crippen molar-refractivity contribution < 1.29 is 14.6 Å². The molecule has 3 heteroatoms. The van der Waals surface area contributed by atoms with Crippen LogP contribution >= 0.6 is 0 Å². The Kier molecular flexibility index (Phi) is 14.4. The molecule has 0 aliphatic rings. The zero-order valence-electron chi connectivity index (χ0n) is 13.5. The number of unbranched alkanes of at least 4 members (excludes halogenated alkanes) is 11. The van der Waals surface area contributed by atoms with Gasteiger partial charge < -0.3 is 14.6 Å². The Morgan fingerprint density at radius 1 is 0.850 bits per heavy atom. The lowest BCUT2D eigenvalue weighted by Gasteiger charge is -2.15. The second-order valence-corrected chi connectivity index (χ2v) is 5.72. The van der Waals surface area contributed by atoms with Crippen molar-refractivity contribution in [2.24, 2.45) is 0 Å². The molecule has 0 bridgehead atoms. The number of carbonyl (C=O) groups is 1. The molecule has 20 heavy (non-hydrogen) atoms. The molecule has 0 saturated heterocycles. The van der Waals surface area contributed by atoms with Gasteiger partial charge in [-0.3, -0.25) is 0 Å². The van der Waals surface area contributed by atoms with Crippen molar-refractivity contribution in [1.82, 2.24) is 0 Å². The molecule has 1 unspecified atom stereocenters. The van der Waals surface area contributed by atoms with Gasteiger partial charge in [-0.1, -0.05) is 84.0 Å². The molecule has 0 aromatic rings. The minimum Gasteiger partial charge on any atom is -0.547 e. The fourth-order valence-corrected chi connectivity index (χ4v) is 2.50. The molecule has 3 nitrogen and oxygen atoms in total. The van der Waals surface area contributed by atoms with E-state index >= 15 is 0 Å². The highest BCUT2D eigenvalue weighted by Crippen LogP contribution is 2.13. The van der Waals surface area contributed by atoms with Gasteiger partial charge >= 0.3 is 0 Å². The van der Waals surface area contributed by atoms with Crippen molar-refractivity contribution in [3.8, 4) is 0 Å². The van der Waals surface area contributed by atoms with Gasteiger partial charge in [0, 0.05) is 7.11 Å². The number of methoxy groups -OCH3 is 1. The average molecular weight is 285 g/mol. The summed E-state index contributed by atoms with van der Waals surface area (Å²) < 4.78 is 4.85. The highest BCUT2D eigenvalue weighted by Gasteiger charge is 2.06. The van der Waals surface area contributed by atoms with Gasteiger partial charge in [0.2, 0.25) is 0 Å². The summed E-state index contributed by atoms with van der Waals surface area (Å²) in [5.41, 5.74) is 0. The maximum absolute atomic E-state index is 10.6. The first kappa shape index (κ1) is 19.4. The van der Waals surface area contributed by atoms with E-state index in [9.17, 15) is 9.90 Å². The second-order valence-electron chi connectivity index (χ2n) is 5.72. The SMILES string of the molecule is CCCCCCCCCCCCCCC(OC)C(=O)[O-]. The predicted molar refractivity (Wildman–Crippen MR) is 81.5 cm³/mol. The largest absolute Gasteiger partial charge is 0.547 e. The molecule has 0 rings (SSSR count). The maximum Gasteiger partial charge on any atom is 0.0964 e. The van der Waals surface area contributed by atoms with Gasteiger partial charge in [-0.05, 0) is 6.42 Å². The first-order valence-corrected chi connectivity index (χ1v) is 8.46. The van der Waals surface area contributed by atoms with E-state index in [1.54, 1.807) is 0 Å². The van der Waals surface area contributed by atoms with E-state index in [-0.39, 0.29) is 0 Å². The monoisotopic (exact) mass is 285 g/mol. The topological polar surface area (TPSA) is 49.4 Å². The molecule has 0 fully saturated rings. The smallest absolute Gasteiger partial charge is 0.0964 e. The number of carboxylic acid groups (broad SMARTS) is 1. The molecular weight excluding hydrogens is 252 g/mol. The van der Waals surface area contributed by atoms with Gasteiger partial charge in [0.25, 0.3) is 0 Å². The summed E-state index contributed by atoms with van der Waals surface area (Å²) in [6.45, 7) is 2.25. The van der Waals surface area contributed by atoms with Gasteiger partial charge in [-0.15, -0.1) is 0 Å². The predicted octanol–water partition coefficient (Wildman–Crippen LogP) is 3.84. The molecule has 0 radical (unpaired) electrons. The fraction of sp³-hybridized carbons (Fsp3) is 0.941. The molecule has 0 aliphatic heterocycles. The zero-order valence-corrected chi connectivity index (χ0v) is 13.5. The number of aliphatic carboxylic acids is 1. The Hall–Kier alpha value is -0.570. The molecule has 120 valence electrons. The van der Waals surface area contributed by atoms with Crippen molar-refractivity contribution in [1.29, 1.82) is 0 Å². The van der Waals surface area contributed by atoms with Crippen LogP contribution in [0, 0.1) is 0 Å². The van der Waals surface area contributed by atoms with E-state index in [0.29, 0.717) is 6.42 Å². The van der Waals surface area contributed by atoms with Gasteiger partial charge in [0.15, 0.2) is 0 Å². The van der Waals surface area contributed by atoms with Gasteiger partial charge in [-0.25, -0.2) is 0 Å². The van der Waals surface area contributed by atoms with Crippen LogP contribution in [-0.2, 0) is 9.53 Å². The lowest BCUT2D eigenvalue weighted by Crippen LogP contribution is -2.36. The molecule has 1 atom stereocenters. The molecule has 0 saturated carbocycles. The quantitative estimate of drug-likeness (QED) is 0.429. The van der Waals surface area contributed by atoms with E-state index in [4.69, 9.17) is 4.74 Å². The Morgan fingerprint density at radius 3 is 1.60 bits per heavy atom. The van der Waals surface area contributed by atoms with Crippen molar-refractivity contribution in [2.75, 3.05) is 7.11 Å². The lowest BCUT2D eigenvalue weighted by atomic mass is 10.0. The van der Waals surface area contributed by atoms with Crippen LogP contribution < -0.4 is 5.11 Å². The minimum absolute atomic E-state index is 0.580. The van der Waals surface area contributed by atoms with Gasteiger partial charge in [0.1, 0.15) is 0 Å². The van der Waals surface area contributed by atoms with Crippen LogP contribution in [0.2, 0.25) is 0 Å². The van der Waals surface area contributed by atoms with E-state index in [1.807, 2.05) is 0 Å². The Labute approximate surface area is 125 Å². The normalized spacial score (nSPS) is 12.5. The number of ether oxygens (including phenoxy) is 1. The third kappa shape index (κ3) is 12.5. The van der Waals surface area contributed by atoms with Crippen LogP contribution in [0.5, 0.6) is 0 Å². The van der Waals surface area contributed by atoms with E-state index in [2.05, 4.69) is 6.92 Å². The first-order valence-electron chi connectivity index (χ1n) is 8.46. The van der Waals surface area contributed by atoms with Crippen LogP contribution in [0.4, 0.5) is 0 Å². The molecular formula is C17H33O3-. The van der Waals surface area contributed by atoms with E-state index in [1.165, 1.54) is 71.3 Å². The Balaban J connectivity index is 3.15. The third-order valence-corrected chi connectivity index (χ3v) is 3.87. The Bertz CT molecular complexity index is 216.